The molecule has 0 fully saturated rings. The summed E-state index contributed by atoms with van der Waals surface area (Å²) >= 11 is 5.24. The molecule has 0 atom stereocenters. The van der Waals surface area contributed by atoms with Crippen LogP contribution in [0, 0.1) is 0 Å². The number of rotatable bonds is 5. The smallest absolute Gasteiger partial charge is 0.204 e. The molecule has 2 aromatic heterocycles. The van der Waals surface area contributed by atoms with Crippen LogP contribution in [-0.2, 0) is 20.1 Å². The highest BCUT2D eigenvalue weighted by Gasteiger charge is 2.11. The Morgan fingerprint density at radius 1 is 1.38 bits per heavy atom. The standard InChI is InChI=1S/C15H23BrN6S.HI/c1-17-14(21(4)10-12-6-7-13(16)23-12)18-8-11-9-19-15(20(2)3)22(11)5;/h6-7,9H,8,10H2,1-5H3,(H,17,18);1H. The lowest BCUT2D eigenvalue weighted by atomic mass is 10.4. The van der Waals surface area contributed by atoms with Gasteiger partial charge < -0.3 is 19.7 Å². The van der Waals surface area contributed by atoms with Crippen LogP contribution >= 0.6 is 51.2 Å². The molecule has 6 nitrogen and oxygen atoms in total. The van der Waals surface area contributed by atoms with Crippen LogP contribution in [-0.4, -0.2) is 48.6 Å². The summed E-state index contributed by atoms with van der Waals surface area (Å²) in [6.45, 7) is 1.51. The van der Waals surface area contributed by atoms with E-state index in [2.05, 4.69) is 52.8 Å². The van der Waals surface area contributed by atoms with Gasteiger partial charge in [-0.25, -0.2) is 4.98 Å². The monoisotopic (exact) mass is 526 g/mol. The zero-order chi connectivity index (χ0) is 17.0. The average Bonchev–Trinajstić information content (AvgIpc) is 3.06. The van der Waals surface area contributed by atoms with Crippen molar-refractivity contribution in [1.82, 2.24) is 19.8 Å². The third-order valence-electron chi connectivity index (χ3n) is 3.48. The van der Waals surface area contributed by atoms with Gasteiger partial charge in [0, 0.05) is 40.1 Å². The van der Waals surface area contributed by atoms with Crippen molar-refractivity contribution < 1.29 is 0 Å². The third-order valence-corrected chi connectivity index (χ3v) is 5.09. The molecule has 0 unspecified atom stereocenters. The van der Waals surface area contributed by atoms with Crippen molar-refractivity contribution in [3.8, 4) is 0 Å². The first-order valence-electron chi connectivity index (χ1n) is 7.26. The lowest BCUT2D eigenvalue weighted by Crippen LogP contribution is -2.38. The number of anilines is 1. The number of thiophene rings is 1. The summed E-state index contributed by atoms with van der Waals surface area (Å²) in [7, 11) is 9.85. The van der Waals surface area contributed by atoms with Gasteiger partial charge in [-0.3, -0.25) is 4.99 Å². The molecule has 0 saturated heterocycles. The molecule has 0 aromatic carbocycles. The zero-order valence-electron chi connectivity index (χ0n) is 14.6. The van der Waals surface area contributed by atoms with Gasteiger partial charge in [0.1, 0.15) is 0 Å². The Labute approximate surface area is 173 Å². The second kappa shape index (κ2) is 9.62. The van der Waals surface area contributed by atoms with Gasteiger partial charge in [-0.2, -0.15) is 0 Å². The molecule has 2 heterocycles. The van der Waals surface area contributed by atoms with Gasteiger partial charge >= 0.3 is 0 Å². The van der Waals surface area contributed by atoms with Gasteiger partial charge in [0.25, 0.3) is 0 Å². The van der Waals surface area contributed by atoms with E-state index in [0.717, 1.165) is 27.9 Å². The molecule has 24 heavy (non-hydrogen) atoms. The lowest BCUT2D eigenvalue weighted by molar-refractivity contribution is 0.480. The van der Waals surface area contributed by atoms with Crippen molar-refractivity contribution in [1.29, 1.82) is 0 Å². The molecule has 0 aliphatic rings. The Morgan fingerprint density at radius 2 is 2.08 bits per heavy atom. The second-order valence-electron chi connectivity index (χ2n) is 5.47. The Bertz CT molecular complexity index is 681. The van der Waals surface area contributed by atoms with Gasteiger partial charge in [-0.1, -0.05) is 0 Å². The lowest BCUT2D eigenvalue weighted by Gasteiger charge is -2.21. The molecule has 134 valence electrons. The highest BCUT2D eigenvalue weighted by molar-refractivity contribution is 14.0. The minimum Gasteiger partial charge on any atom is -0.351 e. The Morgan fingerprint density at radius 3 is 2.58 bits per heavy atom. The van der Waals surface area contributed by atoms with Crippen molar-refractivity contribution in [3.63, 3.8) is 0 Å². The maximum atomic E-state index is 4.43. The molecular formula is C15H24BrIN6S. The van der Waals surface area contributed by atoms with Gasteiger partial charge in [-0.15, -0.1) is 35.3 Å². The van der Waals surface area contributed by atoms with Gasteiger partial charge in [0.15, 0.2) is 5.96 Å². The first kappa shape index (κ1) is 21.2. The minimum absolute atomic E-state index is 0. The van der Waals surface area contributed by atoms with Gasteiger partial charge in [-0.05, 0) is 28.1 Å². The fraction of sp³-hybridized carbons (Fsp3) is 0.467. The zero-order valence-corrected chi connectivity index (χ0v) is 19.3. The summed E-state index contributed by atoms with van der Waals surface area (Å²) < 4.78 is 3.23. The van der Waals surface area contributed by atoms with Crippen LogP contribution in [0.5, 0.6) is 0 Å². The van der Waals surface area contributed by atoms with E-state index in [1.54, 1.807) is 18.4 Å². The summed E-state index contributed by atoms with van der Waals surface area (Å²) in [5, 5.41) is 3.40. The molecule has 0 bridgehead atoms. The molecule has 2 aromatic rings. The largest absolute Gasteiger partial charge is 0.351 e. The summed E-state index contributed by atoms with van der Waals surface area (Å²) in [6.07, 6.45) is 1.89. The number of hydrogen-bond donors (Lipinski definition) is 1. The van der Waals surface area contributed by atoms with Crippen LogP contribution in [0.1, 0.15) is 10.6 Å². The van der Waals surface area contributed by atoms with Crippen LogP contribution in [0.4, 0.5) is 5.95 Å². The number of aliphatic imine (C=N–C) groups is 1. The normalized spacial score (nSPS) is 11.2. The molecule has 1 N–H and O–H groups in total. The molecule has 0 spiro atoms. The molecule has 0 aliphatic heterocycles. The van der Waals surface area contributed by atoms with Gasteiger partial charge in [0.05, 0.1) is 28.8 Å². The SMILES string of the molecule is CN=C(NCc1cnc(N(C)C)n1C)N(C)Cc1ccc(Br)s1.I. The number of halogens is 2. The summed E-state index contributed by atoms with van der Waals surface area (Å²) in [5.74, 6) is 1.80. The molecular weight excluding hydrogens is 503 g/mol. The van der Waals surface area contributed by atoms with E-state index < -0.39 is 0 Å². The number of guanidine groups is 1. The predicted octanol–water partition coefficient (Wildman–Crippen LogP) is 3.14. The fourth-order valence-corrected chi connectivity index (χ4v) is 3.85. The van der Waals surface area contributed by atoms with Crippen molar-refractivity contribution in [2.75, 3.05) is 33.1 Å². The fourth-order valence-electron chi connectivity index (χ4n) is 2.31. The molecule has 0 radical (unpaired) electrons. The first-order valence-corrected chi connectivity index (χ1v) is 8.87. The Balaban J connectivity index is 0.00000288. The van der Waals surface area contributed by atoms with E-state index in [1.165, 1.54) is 4.88 Å². The molecule has 0 aliphatic carbocycles. The number of imidazole rings is 1. The average molecular weight is 527 g/mol. The maximum Gasteiger partial charge on any atom is 0.204 e. The predicted molar refractivity (Wildman–Crippen MR) is 117 cm³/mol. The van der Waals surface area contributed by atoms with Crippen LogP contribution in [0.3, 0.4) is 0 Å². The minimum atomic E-state index is 0. The van der Waals surface area contributed by atoms with Crippen LogP contribution in [0.25, 0.3) is 0 Å². The van der Waals surface area contributed by atoms with Crippen molar-refractivity contribution >= 4 is 63.2 Å². The number of nitrogens with one attached hydrogen (secondary N) is 1. The summed E-state index contributed by atoms with van der Waals surface area (Å²) in [5.41, 5.74) is 1.11. The quantitative estimate of drug-likeness (QED) is 0.369. The number of hydrogen-bond acceptors (Lipinski definition) is 4. The van der Waals surface area contributed by atoms with E-state index in [9.17, 15) is 0 Å². The van der Waals surface area contributed by atoms with Crippen LogP contribution in [0.15, 0.2) is 27.1 Å². The van der Waals surface area contributed by atoms with Crippen LogP contribution < -0.4 is 10.2 Å². The second-order valence-corrected chi connectivity index (χ2v) is 8.01. The van der Waals surface area contributed by atoms with Crippen molar-refractivity contribution in [2.24, 2.45) is 12.0 Å². The van der Waals surface area contributed by atoms with Crippen molar-refractivity contribution in [3.05, 3.63) is 32.7 Å². The first-order chi connectivity index (χ1) is 10.9. The van der Waals surface area contributed by atoms with E-state index in [-0.39, 0.29) is 24.0 Å². The van der Waals surface area contributed by atoms with E-state index in [4.69, 9.17) is 0 Å². The van der Waals surface area contributed by atoms with E-state index >= 15 is 0 Å². The summed E-state index contributed by atoms with van der Waals surface area (Å²) in [6, 6.07) is 4.20. The van der Waals surface area contributed by atoms with E-state index in [1.807, 2.05) is 39.3 Å². The highest BCUT2D eigenvalue weighted by atomic mass is 127. The Kier molecular flexibility index (Phi) is 8.51. The van der Waals surface area contributed by atoms with Crippen molar-refractivity contribution in [2.45, 2.75) is 13.1 Å². The van der Waals surface area contributed by atoms with Gasteiger partial charge in [0.2, 0.25) is 5.95 Å². The molecule has 0 saturated carbocycles. The number of nitrogens with zero attached hydrogens (tertiary/aromatic N) is 5. The highest BCUT2D eigenvalue weighted by Crippen LogP contribution is 2.23. The molecule has 0 amide bonds. The molecule has 2 rings (SSSR count). The molecule has 9 heteroatoms. The maximum absolute atomic E-state index is 4.43. The third kappa shape index (κ3) is 5.35. The van der Waals surface area contributed by atoms with Crippen LogP contribution in [0.2, 0.25) is 0 Å². The topological polar surface area (TPSA) is 48.7 Å². The van der Waals surface area contributed by atoms with E-state index in [0.29, 0.717) is 6.54 Å². The Hall–Kier alpha value is -0.810. The summed E-state index contributed by atoms with van der Waals surface area (Å²) in [4.78, 5) is 14.2. The number of aromatic nitrogens is 2.